The number of para-hydroxylation sites is 1. The predicted molar refractivity (Wildman–Crippen MR) is 91.8 cm³/mol. The molecule has 144 valence electrons. The number of nitrogens with zero attached hydrogens (tertiary/aromatic N) is 1. The molecule has 0 fully saturated rings. The number of carbonyl (C=O) groups excluding carboxylic acids is 1. The number of nitrogens with one attached hydrogen (secondary N) is 2. The molecule has 0 bridgehead atoms. The van der Waals surface area contributed by atoms with Crippen LogP contribution in [0.2, 0.25) is 0 Å². The highest BCUT2D eigenvalue weighted by atomic mass is 19.4. The fraction of sp³-hybridized carbons (Fsp3) is 0.500. The Bertz CT molecular complexity index is 700. The molecule has 0 radical (unpaired) electrons. The summed E-state index contributed by atoms with van der Waals surface area (Å²) >= 11 is 0. The third-order valence-electron chi connectivity index (χ3n) is 4.26. The molecule has 2 atom stereocenters. The summed E-state index contributed by atoms with van der Waals surface area (Å²) < 4.78 is 53.5. The molecule has 1 heterocycles. The molecule has 1 aromatic carbocycles. The minimum Gasteiger partial charge on any atom is -0.322 e. The number of amides is 1. The Hall–Kier alpha value is -2.09. The van der Waals surface area contributed by atoms with Crippen molar-refractivity contribution >= 4 is 11.6 Å². The lowest BCUT2D eigenvalue weighted by Crippen LogP contribution is -2.46. The van der Waals surface area contributed by atoms with Gasteiger partial charge in [0.2, 0.25) is 5.95 Å². The maximum absolute atomic E-state index is 14.1. The van der Waals surface area contributed by atoms with Crippen molar-refractivity contribution in [3.05, 3.63) is 41.4 Å². The molecule has 4 nitrogen and oxygen atoms in total. The first-order chi connectivity index (χ1) is 12.0. The monoisotopic (exact) mass is 373 g/mol. The van der Waals surface area contributed by atoms with Gasteiger partial charge < -0.3 is 5.32 Å². The van der Waals surface area contributed by atoms with Gasteiger partial charge in [-0.2, -0.15) is 17.6 Å². The van der Waals surface area contributed by atoms with Gasteiger partial charge in [0.15, 0.2) is 6.04 Å². The van der Waals surface area contributed by atoms with Crippen molar-refractivity contribution < 1.29 is 22.4 Å². The summed E-state index contributed by atoms with van der Waals surface area (Å²) in [6.45, 7) is 6.10. The highest BCUT2D eigenvalue weighted by Gasteiger charge is 2.50. The number of hydrogen-bond acceptors (Lipinski definition) is 3. The van der Waals surface area contributed by atoms with E-state index in [-0.39, 0.29) is 5.92 Å². The molecule has 1 aliphatic rings. The topological polar surface area (TPSA) is 44.4 Å². The number of carbonyl (C=O) groups is 1. The smallest absolute Gasteiger partial charge is 0.322 e. The Morgan fingerprint density at radius 3 is 2.46 bits per heavy atom. The maximum atomic E-state index is 14.1. The quantitative estimate of drug-likeness (QED) is 0.596. The molecule has 0 spiro atoms. The minimum atomic E-state index is -4.79. The molecule has 0 saturated carbocycles. The minimum absolute atomic E-state index is 0.0908. The molecular weight excluding hydrogens is 350 g/mol. The lowest BCUT2D eigenvalue weighted by Gasteiger charge is -2.21. The van der Waals surface area contributed by atoms with Crippen molar-refractivity contribution in [3.8, 4) is 0 Å². The van der Waals surface area contributed by atoms with E-state index in [1.54, 1.807) is 18.2 Å². The van der Waals surface area contributed by atoms with Crippen molar-refractivity contribution in [2.45, 2.75) is 45.3 Å². The van der Waals surface area contributed by atoms with Gasteiger partial charge in [-0.15, -0.1) is 0 Å². The Kier molecular flexibility index (Phi) is 5.95. The second-order valence-electron chi connectivity index (χ2n) is 6.94. The zero-order valence-electron chi connectivity index (χ0n) is 15.1. The van der Waals surface area contributed by atoms with Crippen LogP contribution in [-0.2, 0) is 4.79 Å². The first kappa shape index (κ1) is 20.2. The van der Waals surface area contributed by atoms with Crippen molar-refractivity contribution in [3.63, 3.8) is 0 Å². The molecule has 1 amide bonds. The Balaban J connectivity index is 2.30. The van der Waals surface area contributed by atoms with Crippen LogP contribution in [0, 0.1) is 5.92 Å². The highest BCUT2D eigenvalue weighted by Crippen LogP contribution is 2.34. The summed E-state index contributed by atoms with van der Waals surface area (Å²) in [5.41, 5.74) is 2.15. The van der Waals surface area contributed by atoms with E-state index in [0.29, 0.717) is 16.6 Å². The van der Waals surface area contributed by atoms with Crippen LogP contribution < -0.4 is 10.7 Å². The molecule has 26 heavy (non-hydrogen) atoms. The second kappa shape index (κ2) is 7.65. The predicted octanol–water partition coefficient (Wildman–Crippen LogP) is 4.34. The van der Waals surface area contributed by atoms with Crippen LogP contribution in [-0.4, -0.2) is 30.2 Å². The van der Waals surface area contributed by atoms with Crippen molar-refractivity contribution in [2.24, 2.45) is 5.92 Å². The molecule has 2 unspecified atom stereocenters. The lowest BCUT2D eigenvalue weighted by molar-refractivity contribution is -0.153. The number of hydrogen-bond donors (Lipinski definition) is 2. The van der Waals surface area contributed by atoms with Gasteiger partial charge in [0.1, 0.15) is 0 Å². The van der Waals surface area contributed by atoms with Crippen LogP contribution in [0.1, 0.15) is 38.7 Å². The average molecular weight is 373 g/mol. The van der Waals surface area contributed by atoms with Crippen LogP contribution in [0.3, 0.4) is 0 Å². The second-order valence-corrected chi connectivity index (χ2v) is 6.94. The number of halogens is 4. The van der Waals surface area contributed by atoms with Crippen LogP contribution in [0.15, 0.2) is 35.8 Å². The van der Waals surface area contributed by atoms with Crippen LogP contribution in [0.5, 0.6) is 0 Å². The summed E-state index contributed by atoms with van der Waals surface area (Å²) in [4.78, 5) is 12.4. The van der Waals surface area contributed by atoms with E-state index in [1.165, 1.54) is 0 Å². The third-order valence-corrected chi connectivity index (χ3v) is 4.26. The molecule has 2 N–H and O–H groups in total. The number of anilines is 1. The van der Waals surface area contributed by atoms with Gasteiger partial charge >= 0.3 is 6.18 Å². The van der Waals surface area contributed by atoms with Crippen LogP contribution in [0.25, 0.3) is 0 Å². The number of rotatable bonds is 5. The van der Waals surface area contributed by atoms with E-state index in [4.69, 9.17) is 0 Å². The van der Waals surface area contributed by atoms with Gasteiger partial charge in [-0.3, -0.25) is 9.80 Å². The molecular formula is C18H23F4N3O. The zero-order valence-corrected chi connectivity index (χ0v) is 15.1. The summed E-state index contributed by atoms with van der Waals surface area (Å²) in [6, 6.07) is 4.51. The molecule has 2 rings (SSSR count). The molecule has 0 aliphatic carbocycles. The fourth-order valence-corrected chi connectivity index (χ4v) is 3.14. The fourth-order valence-electron chi connectivity index (χ4n) is 3.14. The molecule has 0 aromatic heterocycles. The molecule has 1 aliphatic heterocycles. The molecule has 1 aromatic rings. The third kappa shape index (κ3) is 4.35. The van der Waals surface area contributed by atoms with E-state index in [9.17, 15) is 22.4 Å². The normalized spacial score (nSPS) is 19.3. The summed E-state index contributed by atoms with van der Waals surface area (Å²) in [5.74, 6) is -1.84. The first-order valence-electron chi connectivity index (χ1n) is 8.39. The van der Waals surface area contributed by atoms with Crippen molar-refractivity contribution in [2.75, 3.05) is 12.4 Å². The SMILES string of the molecule is CC(C)CC(C)c1ccccc1NC(=O)C1=C(F)N(C)NC1C(F)(F)F. The Morgan fingerprint density at radius 1 is 1.27 bits per heavy atom. The van der Waals surface area contributed by atoms with E-state index in [1.807, 2.05) is 18.4 Å². The molecule has 8 heteroatoms. The van der Waals surface area contributed by atoms with Gasteiger partial charge in [-0.05, 0) is 29.9 Å². The van der Waals surface area contributed by atoms with Gasteiger partial charge in [-0.25, -0.2) is 5.43 Å². The van der Waals surface area contributed by atoms with Crippen LogP contribution in [0.4, 0.5) is 23.2 Å². The Labute approximate surface area is 150 Å². The maximum Gasteiger partial charge on any atom is 0.409 e. The lowest BCUT2D eigenvalue weighted by atomic mass is 9.91. The first-order valence-corrected chi connectivity index (χ1v) is 8.39. The summed E-state index contributed by atoms with van der Waals surface area (Å²) in [5, 5.41) is 3.03. The van der Waals surface area contributed by atoms with Gasteiger partial charge in [-0.1, -0.05) is 39.0 Å². The van der Waals surface area contributed by atoms with Crippen LogP contribution >= 0.6 is 0 Å². The number of benzene rings is 1. The average Bonchev–Trinajstić information content (AvgIpc) is 2.83. The van der Waals surface area contributed by atoms with E-state index >= 15 is 0 Å². The zero-order chi connectivity index (χ0) is 19.6. The standard InChI is InChI=1S/C18H23F4N3O/c1-10(2)9-11(3)12-7-5-6-8-13(12)23-17(26)14-15(18(20,21)22)24-25(4)16(14)19/h5-8,10-11,15,24H,9H2,1-4H3,(H,23,26). The van der Waals surface area contributed by atoms with Gasteiger partial charge in [0, 0.05) is 12.7 Å². The van der Waals surface area contributed by atoms with Crippen molar-refractivity contribution in [1.29, 1.82) is 0 Å². The van der Waals surface area contributed by atoms with Gasteiger partial charge in [0.05, 0.1) is 5.57 Å². The van der Waals surface area contributed by atoms with E-state index < -0.39 is 29.6 Å². The molecule has 0 saturated heterocycles. The van der Waals surface area contributed by atoms with Gasteiger partial charge in [0.25, 0.3) is 5.91 Å². The highest BCUT2D eigenvalue weighted by molar-refractivity contribution is 6.05. The summed E-state index contributed by atoms with van der Waals surface area (Å²) in [6.07, 6.45) is -3.95. The number of hydrazine groups is 1. The largest absolute Gasteiger partial charge is 0.409 e. The van der Waals surface area contributed by atoms with Crippen molar-refractivity contribution in [1.82, 2.24) is 10.4 Å². The van der Waals surface area contributed by atoms with E-state index in [0.717, 1.165) is 19.0 Å². The summed E-state index contributed by atoms with van der Waals surface area (Å²) in [7, 11) is 1.09. The number of alkyl halides is 3. The Morgan fingerprint density at radius 2 is 1.88 bits per heavy atom. The van der Waals surface area contributed by atoms with E-state index in [2.05, 4.69) is 19.2 Å².